The molecule has 0 saturated carbocycles. The molecule has 5 nitrogen and oxygen atoms in total. The molecule has 0 amide bonds. The number of nitrogens with one attached hydrogen (secondary N) is 1. The molecule has 1 aliphatic carbocycles. The number of benzene rings is 1. The highest BCUT2D eigenvalue weighted by Gasteiger charge is 2.33. The molecular weight excluding hydrogens is 394 g/mol. The molecule has 4 heterocycles. The molecule has 170 valence electrons. The smallest absolute Gasteiger partial charge is 0.0607 e. The molecule has 0 spiro atoms. The highest BCUT2D eigenvalue weighted by atomic mass is 15.3. The zero-order chi connectivity index (χ0) is 21.5. The Labute approximate surface area is 192 Å². The summed E-state index contributed by atoms with van der Waals surface area (Å²) >= 11 is 0. The minimum absolute atomic E-state index is 0.453. The number of piperazine rings is 1. The van der Waals surface area contributed by atoms with Gasteiger partial charge >= 0.3 is 0 Å². The Hall–Kier alpha value is -1.95. The van der Waals surface area contributed by atoms with Crippen molar-refractivity contribution in [1.82, 2.24) is 20.1 Å². The van der Waals surface area contributed by atoms with Crippen molar-refractivity contribution in [2.75, 3.05) is 44.7 Å². The fourth-order valence-electron chi connectivity index (χ4n) is 6.72. The summed E-state index contributed by atoms with van der Waals surface area (Å²) in [6.45, 7) is 6.99. The van der Waals surface area contributed by atoms with Crippen molar-refractivity contribution in [1.29, 1.82) is 0 Å². The van der Waals surface area contributed by atoms with E-state index in [4.69, 9.17) is 4.98 Å². The molecule has 2 saturated heterocycles. The van der Waals surface area contributed by atoms with Crippen LogP contribution >= 0.6 is 0 Å². The minimum Gasteiger partial charge on any atom is -0.368 e. The van der Waals surface area contributed by atoms with E-state index in [1.807, 2.05) is 6.20 Å². The molecule has 1 aromatic carbocycles. The number of likely N-dealkylation sites (N-methyl/N-ethyl adjacent to an activating group) is 1. The summed E-state index contributed by atoms with van der Waals surface area (Å²) in [4.78, 5) is 12.7. The van der Waals surface area contributed by atoms with Gasteiger partial charge in [0, 0.05) is 56.7 Å². The Bertz CT molecular complexity index is 959. The third kappa shape index (κ3) is 3.85. The Kier molecular flexibility index (Phi) is 5.66. The van der Waals surface area contributed by atoms with Crippen LogP contribution in [-0.2, 0) is 19.4 Å². The first-order chi connectivity index (χ1) is 15.8. The summed E-state index contributed by atoms with van der Waals surface area (Å²) in [6, 6.07) is 13.1. The van der Waals surface area contributed by atoms with Gasteiger partial charge in [-0.15, -0.1) is 0 Å². The average molecular weight is 432 g/mol. The molecule has 1 N–H and O–H groups in total. The van der Waals surface area contributed by atoms with Gasteiger partial charge in [-0.3, -0.25) is 14.8 Å². The van der Waals surface area contributed by atoms with Gasteiger partial charge in [-0.2, -0.15) is 0 Å². The standard InChI is InChI=1S/C27H37N5/c1-30(26-11-2-6-20-8-4-12-28-27(20)26)18-22-16-24-21(17-29-22)7-3-10-25(24)32-15-14-31-13-5-9-23(31)19-32/h3-4,7-8,10,12,22-23,26,29H,2,5-6,9,11,13-19H2,1H3/t22-,23-,26+/m1/s1. The number of aryl methyl sites for hydroxylation is 1. The van der Waals surface area contributed by atoms with Crippen molar-refractivity contribution in [2.24, 2.45) is 0 Å². The Morgan fingerprint density at radius 3 is 2.97 bits per heavy atom. The van der Waals surface area contributed by atoms with E-state index in [9.17, 15) is 0 Å². The van der Waals surface area contributed by atoms with E-state index in [0.29, 0.717) is 12.1 Å². The van der Waals surface area contributed by atoms with Gasteiger partial charge in [-0.1, -0.05) is 18.2 Å². The number of hydrogen-bond donors (Lipinski definition) is 1. The maximum atomic E-state index is 4.78. The highest BCUT2D eigenvalue weighted by Crippen LogP contribution is 2.34. The molecule has 0 bridgehead atoms. The molecule has 1 aromatic heterocycles. The predicted octanol–water partition coefficient (Wildman–Crippen LogP) is 3.39. The summed E-state index contributed by atoms with van der Waals surface area (Å²) < 4.78 is 0. The molecule has 0 unspecified atom stereocenters. The lowest BCUT2D eigenvalue weighted by atomic mass is 9.89. The van der Waals surface area contributed by atoms with Gasteiger partial charge in [0.1, 0.15) is 0 Å². The maximum absolute atomic E-state index is 4.78. The quantitative estimate of drug-likeness (QED) is 0.803. The molecule has 2 aromatic rings. The second-order valence-corrected chi connectivity index (χ2v) is 10.4. The second kappa shape index (κ2) is 8.77. The van der Waals surface area contributed by atoms with E-state index in [1.54, 1.807) is 5.56 Å². The van der Waals surface area contributed by atoms with Crippen LogP contribution in [0.1, 0.15) is 54.1 Å². The topological polar surface area (TPSA) is 34.6 Å². The Morgan fingerprint density at radius 2 is 2.00 bits per heavy atom. The van der Waals surface area contributed by atoms with Gasteiger partial charge in [0.2, 0.25) is 0 Å². The molecule has 6 rings (SSSR count). The number of hydrogen-bond acceptors (Lipinski definition) is 5. The van der Waals surface area contributed by atoms with E-state index in [2.05, 4.69) is 57.4 Å². The van der Waals surface area contributed by atoms with Crippen molar-refractivity contribution in [2.45, 2.75) is 63.2 Å². The first kappa shape index (κ1) is 20.6. The van der Waals surface area contributed by atoms with Crippen LogP contribution in [0.15, 0.2) is 36.5 Å². The van der Waals surface area contributed by atoms with Crippen LogP contribution in [-0.4, -0.2) is 66.6 Å². The third-order valence-corrected chi connectivity index (χ3v) is 8.41. The molecule has 0 radical (unpaired) electrons. The van der Waals surface area contributed by atoms with Gasteiger partial charge in [0.05, 0.1) is 11.7 Å². The van der Waals surface area contributed by atoms with Gasteiger partial charge in [0.15, 0.2) is 0 Å². The summed E-state index contributed by atoms with van der Waals surface area (Å²) in [5, 5.41) is 3.85. The first-order valence-corrected chi connectivity index (χ1v) is 12.7. The summed E-state index contributed by atoms with van der Waals surface area (Å²) in [7, 11) is 2.30. The lowest BCUT2D eigenvalue weighted by molar-refractivity contribution is 0.190. The van der Waals surface area contributed by atoms with Crippen LogP contribution in [0.5, 0.6) is 0 Å². The Morgan fingerprint density at radius 1 is 1.06 bits per heavy atom. The van der Waals surface area contributed by atoms with Crippen LogP contribution in [0.3, 0.4) is 0 Å². The van der Waals surface area contributed by atoms with Crippen molar-refractivity contribution in [3.05, 3.63) is 58.9 Å². The fourth-order valence-corrected chi connectivity index (χ4v) is 6.72. The zero-order valence-corrected chi connectivity index (χ0v) is 19.5. The average Bonchev–Trinajstić information content (AvgIpc) is 3.31. The molecule has 32 heavy (non-hydrogen) atoms. The van der Waals surface area contributed by atoms with E-state index in [1.165, 1.54) is 80.8 Å². The number of nitrogens with zero attached hydrogens (tertiary/aromatic N) is 4. The molecule has 2 fully saturated rings. The van der Waals surface area contributed by atoms with Crippen molar-refractivity contribution in [3.8, 4) is 0 Å². The lowest BCUT2D eigenvalue weighted by Crippen LogP contribution is -2.51. The monoisotopic (exact) mass is 431 g/mol. The van der Waals surface area contributed by atoms with Crippen LogP contribution in [0.25, 0.3) is 0 Å². The van der Waals surface area contributed by atoms with Crippen molar-refractivity contribution < 1.29 is 0 Å². The Balaban J connectivity index is 1.18. The summed E-state index contributed by atoms with van der Waals surface area (Å²) in [5.74, 6) is 0. The maximum Gasteiger partial charge on any atom is 0.0607 e. The molecular formula is C27H37N5. The van der Waals surface area contributed by atoms with Gasteiger partial charge in [0.25, 0.3) is 0 Å². The van der Waals surface area contributed by atoms with E-state index < -0.39 is 0 Å². The van der Waals surface area contributed by atoms with Crippen LogP contribution in [0, 0.1) is 0 Å². The molecule has 4 aliphatic rings. The van der Waals surface area contributed by atoms with Crippen LogP contribution in [0.4, 0.5) is 5.69 Å². The summed E-state index contributed by atoms with van der Waals surface area (Å²) in [6.07, 6.45) is 9.52. The number of anilines is 1. The fraction of sp³-hybridized carbons (Fsp3) is 0.593. The zero-order valence-electron chi connectivity index (χ0n) is 19.5. The van der Waals surface area contributed by atoms with E-state index in [-0.39, 0.29) is 0 Å². The van der Waals surface area contributed by atoms with Gasteiger partial charge < -0.3 is 10.2 Å². The highest BCUT2D eigenvalue weighted by molar-refractivity contribution is 5.58. The summed E-state index contributed by atoms with van der Waals surface area (Å²) in [5.41, 5.74) is 7.37. The lowest BCUT2D eigenvalue weighted by Gasteiger charge is -2.41. The van der Waals surface area contributed by atoms with Crippen molar-refractivity contribution >= 4 is 5.69 Å². The minimum atomic E-state index is 0.453. The molecule has 5 heteroatoms. The number of rotatable bonds is 4. The van der Waals surface area contributed by atoms with Crippen molar-refractivity contribution in [3.63, 3.8) is 0 Å². The normalized spacial score (nSPS) is 27.8. The number of fused-ring (bicyclic) bond motifs is 3. The first-order valence-electron chi connectivity index (χ1n) is 12.7. The molecule has 3 atom stereocenters. The third-order valence-electron chi connectivity index (χ3n) is 8.41. The number of pyridine rings is 1. The number of aromatic nitrogens is 1. The largest absolute Gasteiger partial charge is 0.368 e. The van der Waals surface area contributed by atoms with Gasteiger partial charge in [-0.25, -0.2) is 0 Å². The molecule has 3 aliphatic heterocycles. The predicted molar refractivity (Wildman–Crippen MR) is 130 cm³/mol. The van der Waals surface area contributed by atoms with E-state index in [0.717, 1.165) is 25.6 Å². The van der Waals surface area contributed by atoms with Gasteiger partial charge in [-0.05, 0) is 80.9 Å². The second-order valence-electron chi connectivity index (χ2n) is 10.4. The van der Waals surface area contributed by atoms with E-state index >= 15 is 0 Å². The SMILES string of the molecule is CN(C[C@H]1Cc2c(cccc2N2CCN3CCC[C@@H]3C2)CN1)[C@H]1CCCc2cccnc21. The van der Waals surface area contributed by atoms with Crippen LogP contribution in [0.2, 0.25) is 0 Å². The van der Waals surface area contributed by atoms with Crippen LogP contribution < -0.4 is 10.2 Å².